The number of hydrogen-bond acceptors (Lipinski definition) is 4. The zero-order chi connectivity index (χ0) is 16.5. The Kier molecular flexibility index (Phi) is 6.78. The van der Waals surface area contributed by atoms with Gasteiger partial charge >= 0.3 is 0 Å². The van der Waals surface area contributed by atoms with Crippen LogP contribution in [0.3, 0.4) is 0 Å². The van der Waals surface area contributed by atoms with Gasteiger partial charge in [0.1, 0.15) is 23.8 Å². The normalized spacial score (nSPS) is 10.6. The highest BCUT2D eigenvalue weighted by Gasteiger charge is 2.07. The fourth-order valence-electron chi connectivity index (χ4n) is 2.52. The van der Waals surface area contributed by atoms with E-state index in [1.807, 2.05) is 18.2 Å². The molecule has 1 heterocycles. The molecule has 0 atom stereocenters. The van der Waals surface area contributed by atoms with Crippen LogP contribution in [-0.2, 0) is 6.42 Å². The van der Waals surface area contributed by atoms with Crippen LogP contribution in [0.25, 0.3) is 0 Å². The van der Waals surface area contributed by atoms with E-state index in [0.717, 1.165) is 37.6 Å². The molecule has 1 aromatic heterocycles. The smallest absolute Gasteiger partial charge is 0.134 e. The average molecular weight is 316 g/mol. The number of halogens is 1. The van der Waals surface area contributed by atoms with Gasteiger partial charge in [-0.15, -0.1) is 0 Å². The van der Waals surface area contributed by atoms with Crippen molar-refractivity contribution in [2.45, 2.75) is 33.1 Å². The average Bonchev–Trinajstić information content (AvgIpc) is 2.57. The SMILES string of the molecule is CCCN(CCC)c1cc(NCCc2ccccc2F)ncn1. The van der Waals surface area contributed by atoms with Crippen molar-refractivity contribution in [3.63, 3.8) is 0 Å². The molecule has 0 saturated carbocycles. The quantitative estimate of drug-likeness (QED) is 0.762. The lowest BCUT2D eigenvalue weighted by molar-refractivity contribution is 0.610. The maximum Gasteiger partial charge on any atom is 0.134 e. The molecule has 0 spiro atoms. The first kappa shape index (κ1) is 17.2. The molecule has 1 aromatic carbocycles. The van der Waals surface area contributed by atoms with Crippen molar-refractivity contribution < 1.29 is 4.39 Å². The Morgan fingerprint density at radius 1 is 1.09 bits per heavy atom. The Labute approximate surface area is 137 Å². The third-order valence-electron chi connectivity index (χ3n) is 3.62. The Bertz CT molecular complexity index is 597. The maximum absolute atomic E-state index is 13.6. The van der Waals surface area contributed by atoms with Gasteiger partial charge in [0.15, 0.2) is 0 Å². The predicted molar refractivity (Wildman–Crippen MR) is 93.4 cm³/mol. The van der Waals surface area contributed by atoms with E-state index in [1.54, 1.807) is 12.4 Å². The summed E-state index contributed by atoms with van der Waals surface area (Å²) in [6.07, 6.45) is 4.37. The monoisotopic (exact) mass is 316 g/mol. The molecule has 0 amide bonds. The number of hydrogen-bond donors (Lipinski definition) is 1. The fourth-order valence-corrected chi connectivity index (χ4v) is 2.52. The van der Waals surface area contributed by atoms with Crippen LogP contribution in [0.5, 0.6) is 0 Å². The molecule has 4 nitrogen and oxygen atoms in total. The van der Waals surface area contributed by atoms with E-state index in [4.69, 9.17) is 0 Å². The van der Waals surface area contributed by atoms with E-state index >= 15 is 0 Å². The third-order valence-corrected chi connectivity index (χ3v) is 3.62. The second-order valence-corrected chi connectivity index (χ2v) is 5.52. The van der Waals surface area contributed by atoms with Gasteiger partial charge in [0.2, 0.25) is 0 Å². The van der Waals surface area contributed by atoms with Crippen molar-refractivity contribution in [1.29, 1.82) is 0 Å². The summed E-state index contributed by atoms with van der Waals surface area (Å²) in [5.41, 5.74) is 0.716. The molecule has 0 aliphatic rings. The molecule has 0 saturated heterocycles. The molecular formula is C18H25FN4. The first-order valence-electron chi connectivity index (χ1n) is 8.28. The number of anilines is 2. The molecule has 2 rings (SSSR count). The van der Waals surface area contributed by atoms with Crippen LogP contribution in [0.1, 0.15) is 32.3 Å². The van der Waals surface area contributed by atoms with Crippen LogP contribution in [-0.4, -0.2) is 29.6 Å². The molecule has 5 heteroatoms. The van der Waals surface area contributed by atoms with E-state index < -0.39 is 0 Å². The second kappa shape index (κ2) is 9.08. The maximum atomic E-state index is 13.6. The summed E-state index contributed by atoms with van der Waals surface area (Å²) in [5.74, 6) is 1.57. The van der Waals surface area contributed by atoms with Gasteiger partial charge in [0.05, 0.1) is 0 Å². The minimum atomic E-state index is -0.158. The molecule has 0 bridgehead atoms. The number of aromatic nitrogens is 2. The van der Waals surface area contributed by atoms with Crippen molar-refractivity contribution in [3.05, 3.63) is 48.0 Å². The van der Waals surface area contributed by atoms with Gasteiger partial charge in [-0.3, -0.25) is 0 Å². The van der Waals surface area contributed by atoms with Crippen LogP contribution in [0.4, 0.5) is 16.0 Å². The largest absolute Gasteiger partial charge is 0.370 e. The molecule has 124 valence electrons. The van der Waals surface area contributed by atoms with Gasteiger partial charge in [-0.25, -0.2) is 14.4 Å². The zero-order valence-corrected chi connectivity index (χ0v) is 13.9. The number of benzene rings is 1. The van der Waals surface area contributed by atoms with Crippen molar-refractivity contribution in [2.24, 2.45) is 0 Å². The highest BCUT2D eigenvalue weighted by molar-refractivity contribution is 5.48. The molecule has 0 radical (unpaired) electrons. The lowest BCUT2D eigenvalue weighted by atomic mass is 10.1. The highest BCUT2D eigenvalue weighted by Crippen LogP contribution is 2.15. The number of nitrogens with one attached hydrogen (secondary N) is 1. The first-order valence-corrected chi connectivity index (χ1v) is 8.28. The van der Waals surface area contributed by atoms with Crippen LogP contribution in [0, 0.1) is 5.82 Å². The molecule has 0 fully saturated rings. The molecular weight excluding hydrogens is 291 g/mol. The molecule has 0 aliphatic heterocycles. The van der Waals surface area contributed by atoms with Gasteiger partial charge in [0, 0.05) is 25.7 Å². The van der Waals surface area contributed by atoms with E-state index in [1.165, 1.54) is 6.07 Å². The van der Waals surface area contributed by atoms with Crippen molar-refractivity contribution in [2.75, 3.05) is 29.9 Å². The molecule has 0 unspecified atom stereocenters. The highest BCUT2D eigenvalue weighted by atomic mass is 19.1. The van der Waals surface area contributed by atoms with Crippen LogP contribution >= 0.6 is 0 Å². The Hall–Kier alpha value is -2.17. The van der Waals surface area contributed by atoms with Crippen molar-refractivity contribution >= 4 is 11.6 Å². The summed E-state index contributed by atoms with van der Waals surface area (Å²) in [7, 11) is 0. The molecule has 23 heavy (non-hydrogen) atoms. The van der Waals surface area contributed by atoms with Gasteiger partial charge < -0.3 is 10.2 Å². The van der Waals surface area contributed by atoms with Gasteiger partial charge in [0.25, 0.3) is 0 Å². The zero-order valence-electron chi connectivity index (χ0n) is 13.9. The Balaban J connectivity index is 1.95. The van der Waals surface area contributed by atoms with Crippen molar-refractivity contribution in [1.82, 2.24) is 9.97 Å². The molecule has 1 N–H and O–H groups in total. The van der Waals surface area contributed by atoms with E-state index in [2.05, 4.69) is 34.0 Å². The summed E-state index contributed by atoms with van der Waals surface area (Å²) in [6, 6.07) is 8.83. The fraction of sp³-hybridized carbons (Fsp3) is 0.444. The summed E-state index contributed by atoms with van der Waals surface area (Å²) in [6.45, 7) is 6.94. The number of nitrogens with zero attached hydrogens (tertiary/aromatic N) is 3. The van der Waals surface area contributed by atoms with Crippen LogP contribution < -0.4 is 10.2 Å². The molecule has 0 aliphatic carbocycles. The summed E-state index contributed by atoms with van der Waals surface area (Å²) in [4.78, 5) is 10.9. The lowest BCUT2D eigenvalue weighted by Gasteiger charge is -2.22. The van der Waals surface area contributed by atoms with E-state index in [-0.39, 0.29) is 5.82 Å². The van der Waals surface area contributed by atoms with Gasteiger partial charge in [-0.05, 0) is 30.9 Å². The number of rotatable bonds is 9. The summed E-state index contributed by atoms with van der Waals surface area (Å²) >= 11 is 0. The summed E-state index contributed by atoms with van der Waals surface area (Å²) < 4.78 is 13.6. The van der Waals surface area contributed by atoms with Crippen LogP contribution in [0.15, 0.2) is 36.7 Å². The standard InChI is InChI=1S/C18H25FN4/c1-3-11-23(12-4-2)18-13-17(21-14-22-18)20-10-9-15-7-5-6-8-16(15)19/h5-8,13-14H,3-4,9-12H2,1-2H3,(H,20,21,22). The first-order chi connectivity index (χ1) is 11.2. The van der Waals surface area contributed by atoms with Gasteiger partial charge in [-0.1, -0.05) is 32.0 Å². The lowest BCUT2D eigenvalue weighted by Crippen LogP contribution is -2.26. The Morgan fingerprint density at radius 3 is 2.52 bits per heavy atom. The van der Waals surface area contributed by atoms with Gasteiger partial charge in [-0.2, -0.15) is 0 Å². The minimum Gasteiger partial charge on any atom is -0.370 e. The Morgan fingerprint density at radius 2 is 1.83 bits per heavy atom. The predicted octanol–water partition coefficient (Wildman–Crippen LogP) is 3.90. The second-order valence-electron chi connectivity index (χ2n) is 5.52. The molecule has 2 aromatic rings. The van der Waals surface area contributed by atoms with Crippen molar-refractivity contribution in [3.8, 4) is 0 Å². The van der Waals surface area contributed by atoms with E-state index in [0.29, 0.717) is 18.5 Å². The minimum absolute atomic E-state index is 0.158. The third kappa shape index (κ3) is 5.20. The van der Waals surface area contributed by atoms with Crippen LogP contribution in [0.2, 0.25) is 0 Å². The van der Waals surface area contributed by atoms with E-state index in [9.17, 15) is 4.39 Å². The topological polar surface area (TPSA) is 41.0 Å². The summed E-state index contributed by atoms with van der Waals surface area (Å²) in [5, 5.41) is 3.26.